The number of halogens is 1. The van der Waals surface area contributed by atoms with Crippen molar-refractivity contribution in [2.45, 2.75) is 42.9 Å². The van der Waals surface area contributed by atoms with Gasteiger partial charge < -0.3 is 20.4 Å². The van der Waals surface area contributed by atoms with Crippen molar-refractivity contribution in [2.24, 2.45) is 5.41 Å². The Morgan fingerprint density at radius 3 is 2.35 bits per heavy atom. The Balaban J connectivity index is 1.17. The molecule has 1 aromatic heterocycles. The van der Waals surface area contributed by atoms with Gasteiger partial charge in [-0.2, -0.15) is 0 Å². The van der Waals surface area contributed by atoms with Crippen molar-refractivity contribution in [3.05, 3.63) is 119 Å². The number of amides is 1. The molecule has 0 bridgehead atoms. The number of hydrogen-bond acceptors (Lipinski definition) is 8. The lowest BCUT2D eigenvalue weighted by Gasteiger charge is -2.34. The van der Waals surface area contributed by atoms with Crippen molar-refractivity contribution in [3.63, 3.8) is 0 Å². The molecule has 1 aliphatic carbocycles. The van der Waals surface area contributed by atoms with Crippen molar-refractivity contribution in [3.8, 4) is 11.5 Å². The number of anilines is 1. The molecule has 4 aromatic carbocycles. The summed E-state index contributed by atoms with van der Waals surface area (Å²) in [6.07, 6.45) is 5.94. The van der Waals surface area contributed by atoms with Gasteiger partial charge in [-0.1, -0.05) is 49.2 Å². The number of ether oxygens (including phenoxy) is 1. The van der Waals surface area contributed by atoms with E-state index in [1.807, 2.05) is 30.3 Å². The SMILES string of the molecule is CC1(C)CCC(CNCCNc2ccc(C(=O)NS(=O)(=O)c3ccc(S(C)(=O)=O)cc3)c(Oc3cccc4[nH]ccc34)c2)=C(c2ccc(Cl)cc2)C1. The minimum Gasteiger partial charge on any atom is -0.456 e. The molecule has 272 valence electrons. The van der Waals surface area contributed by atoms with E-state index < -0.39 is 25.8 Å². The van der Waals surface area contributed by atoms with Crippen LogP contribution >= 0.6 is 11.6 Å². The van der Waals surface area contributed by atoms with Gasteiger partial charge in [0.1, 0.15) is 11.5 Å². The van der Waals surface area contributed by atoms with E-state index in [2.05, 4.69) is 46.3 Å². The van der Waals surface area contributed by atoms with E-state index in [-0.39, 0.29) is 26.5 Å². The van der Waals surface area contributed by atoms with Crippen LogP contribution in [0.15, 0.2) is 113 Å². The number of rotatable bonds is 13. The number of hydrogen-bond donors (Lipinski definition) is 4. The fourth-order valence-electron chi connectivity index (χ4n) is 6.29. The first-order chi connectivity index (χ1) is 24.7. The van der Waals surface area contributed by atoms with Crippen molar-refractivity contribution < 1.29 is 26.4 Å². The second kappa shape index (κ2) is 15.2. The summed E-state index contributed by atoms with van der Waals surface area (Å²) >= 11 is 6.16. The van der Waals surface area contributed by atoms with Crippen LogP contribution in [0.4, 0.5) is 5.69 Å². The van der Waals surface area contributed by atoms with Gasteiger partial charge in [-0.25, -0.2) is 21.6 Å². The molecule has 0 atom stereocenters. The monoisotopic (exact) mass is 760 g/mol. The van der Waals surface area contributed by atoms with Gasteiger partial charge in [0, 0.05) is 59.8 Å². The van der Waals surface area contributed by atoms with Crippen LogP contribution in [0.1, 0.15) is 49.0 Å². The van der Waals surface area contributed by atoms with E-state index in [0.717, 1.165) is 60.1 Å². The number of carbonyl (C=O) groups excluding carboxylic acids is 1. The number of H-pyrrole nitrogens is 1. The topological polar surface area (TPSA) is 146 Å². The van der Waals surface area contributed by atoms with Gasteiger partial charge in [0.15, 0.2) is 9.84 Å². The van der Waals surface area contributed by atoms with Crippen LogP contribution in [0.5, 0.6) is 11.5 Å². The molecule has 1 aliphatic rings. The molecular weight excluding hydrogens is 720 g/mol. The van der Waals surface area contributed by atoms with E-state index in [9.17, 15) is 21.6 Å². The molecule has 0 fully saturated rings. The lowest BCUT2D eigenvalue weighted by molar-refractivity contribution is 0.0979. The van der Waals surface area contributed by atoms with E-state index in [0.29, 0.717) is 24.5 Å². The molecule has 1 amide bonds. The molecule has 0 saturated heterocycles. The summed E-state index contributed by atoms with van der Waals surface area (Å²) in [6.45, 7) is 6.62. The number of sulfonamides is 1. The number of aromatic amines is 1. The van der Waals surface area contributed by atoms with Gasteiger partial charge in [0.2, 0.25) is 0 Å². The summed E-state index contributed by atoms with van der Waals surface area (Å²) in [5, 5.41) is 8.46. The Bertz CT molecular complexity index is 2350. The molecule has 0 spiro atoms. The van der Waals surface area contributed by atoms with Crippen molar-refractivity contribution in [1.29, 1.82) is 0 Å². The molecule has 52 heavy (non-hydrogen) atoms. The predicted molar refractivity (Wildman–Crippen MR) is 206 cm³/mol. The van der Waals surface area contributed by atoms with Crippen LogP contribution in [-0.2, 0) is 19.9 Å². The second-order valence-electron chi connectivity index (χ2n) is 13.7. The predicted octanol–water partition coefficient (Wildman–Crippen LogP) is 7.80. The third kappa shape index (κ3) is 8.87. The highest BCUT2D eigenvalue weighted by atomic mass is 35.5. The number of fused-ring (bicyclic) bond motifs is 1. The molecule has 4 N–H and O–H groups in total. The average Bonchev–Trinajstić information content (AvgIpc) is 3.59. The number of allylic oxidation sites excluding steroid dienone is 1. The number of aromatic nitrogens is 1. The van der Waals surface area contributed by atoms with E-state index in [1.165, 1.54) is 34.9 Å². The Labute approximate surface area is 309 Å². The largest absolute Gasteiger partial charge is 0.456 e. The standard InChI is InChI=1S/C39H41ClN4O6S2/c1-39(2)19-17-27(34(24-39)26-7-9-28(40)10-8-26)25-41-21-22-42-29-11-16-33(37(23-29)50-36-6-4-5-35-32(36)18-20-43-35)38(45)44-52(48,49)31-14-12-30(13-15-31)51(3,46)47/h4-16,18,20,23,41-43H,17,19,21-22,24-25H2,1-3H3,(H,44,45). The maximum atomic E-state index is 13.5. The molecule has 0 radical (unpaired) electrons. The molecular formula is C39H41ClN4O6S2. The number of carbonyl (C=O) groups is 1. The van der Waals surface area contributed by atoms with Crippen LogP contribution in [0.2, 0.25) is 5.02 Å². The highest BCUT2D eigenvalue weighted by Gasteiger charge is 2.28. The first kappa shape index (κ1) is 37.1. The highest BCUT2D eigenvalue weighted by molar-refractivity contribution is 7.91. The van der Waals surface area contributed by atoms with Gasteiger partial charge in [0.05, 0.1) is 15.4 Å². The zero-order valence-electron chi connectivity index (χ0n) is 29.1. The summed E-state index contributed by atoms with van der Waals surface area (Å²) in [5.74, 6) is -0.280. The normalized spacial score (nSPS) is 14.7. The van der Waals surface area contributed by atoms with Crippen LogP contribution in [0, 0.1) is 5.41 Å². The number of sulfone groups is 1. The van der Waals surface area contributed by atoms with E-state index in [4.69, 9.17) is 16.3 Å². The summed E-state index contributed by atoms with van der Waals surface area (Å²) in [6, 6.07) is 24.9. The maximum Gasteiger partial charge on any atom is 0.268 e. The third-order valence-electron chi connectivity index (χ3n) is 9.14. The van der Waals surface area contributed by atoms with Gasteiger partial charge >= 0.3 is 0 Å². The minimum absolute atomic E-state index is 0.00515. The number of nitrogens with one attached hydrogen (secondary N) is 4. The molecule has 0 aliphatic heterocycles. The van der Waals surface area contributed by atoms with Crippen LogP contribution in [-0.4, -0.2) is 53.6 Å². The fourth-order valence-corrected chi connectivity index (χ4v) is 8.01. The molecule has 0 saturated carbocycles. The van der Waals surface area contributed by atoms with Crippen LogP contribution < -0.4 is 20.1 Å². The highest BCUT2D eigenvalue weighted by Crippen LogP contribution is 2.43. The Morgan fingerprint density at radius 2 is 1.62 bits per heavy atom. The Kier molecular flexibility index (Phi) is 10.8. The van der Waals surface area contributed by atoms with Crippen molar-refractivity contribution in [2.75, 3.05) is 31.2 Å². The zero-order valence-corrected chi connectivity index (χ0v) is 31.5. The van der Waals surface area contributed by atoms with E-state index in [1.54, 1.807) is 24.4 Å². The lowest BCUT2D eigenvalue weighted by atomic mass is 9.72. The average molecular weight is 761 g/mol. The lowest BCUT2D eigenvalue weighted by Crippen LogP contribution is -2.31. The summed E-state index contributed by atoms with van der Waals surface area (Å²) in [7, 11) is -7.88. The maximum absolute atomic E-state index is 13.5. The molecule has 0 unspecified atom stereocenters. The third-order valence-corrected chi connectivity index (χ3v) is 11.9. The van der Waals surface area contributed by atoms with Gasteiger partial charge in [-0.15, -0.1) is 0 Å². The first-order valence-corrected chi connectivity index (χ1v) is 20.6. The van der Waals surface area contributed by atoms with Crippen LogP contribution in [0.3, 0.4) is 0 Å². The van der Waals surface area contributed by atoms with Crippen molar-refractivity contribution in [1.82, 2.24) is 15.0 Å². The molecule has 6 rings (SSSR count). The number of benzene rings is 4. The molecule has 1 heterocycles. The molecule has 10 nitrogen and oxygen atoms in total. The van der Waals surface area contributed by atoms with Gasteiger partial charge in [0.25, 0.3) is 15.9 Å². The zero-order chi connectivity index (χ0) is 37.1. The summed E-state index contributed by atoms with van der Waals surface area (Å²) < 4.78 is 58.4. The van der Waals surface area contributed by atoms with Crippen molar-refractivity contribution >= 4 is 59.5 Å². The summed E-state index contributed by atoms with van der Waals surface area (Å²) in [5.41, 5.74) is 5.70. The summed E-state index contributed by atoms with van der Waals surface area (Å²) in [4.78, 5) is 16.4. The molecule has 5 aromatic rings. The fraction of sp³-hybridized carbons (Fsp3) is 0.256. The van der Waals surface area contributed by atoms with Gasteiger partial charge in [-0.3, -0.25) is 4.79 Å². The van der Waals surface area contributed by atoms with Crippen LogP contribution in [0.25, 0.3) is 16.5 Å². The Morgan fingerprint density at radius 1 is 0.885 bits per heavy atom. The quantitative estimate of drug-likeness (QED) is 0.0890. The first-order valence-electron chi connectivity index (χ1n) is 16.9. The smallest absolute Gasteiger partial charge is 0.268 e. The Hall–Kier alpha value is -4.62. The second-order valence-corrected chi connectivity index (χ2v) is 17.9. The minimum atomic E-state index is -4.34. The van der Waals surface area contributed by atoms with E-state index >= 15 is 0 Å². The molecule has 13 heteroatoms. The van der Waals surface area contributed by atoms with Gasteiger partial charge in [-0.05, 0) is 103 Å².